The van der Waals surface area contributed by atoms with Crippen LogP contribution in [0.3, 0.4) is 0 Å². The van der Waals surface area contributed by atoms with E-state index in [0.29, 0.717) is 25.6 Å². The minimum atomic E-state index is -0.704. The molecule has 1 aliphatic rings. The summed E-state index contributed by atoms with van der Waals surface area (Å²) in [6.45, 7) is 3.98. The maximum Gasteiger partial charge on any atom is 0.338 e. The molecule has 0 N–H and O–H groups in total. The molecule has 1 aliphatic heterocycles. The molecule has 5 rings (SSSR count). The Labute approximate surface area is 214 Å². The second kappa shape index (κ2) is 9.77. The third-order valence-corrected chi connectivity index (χ3v) is 7.92. The summed E-state index contributed by atoms with van der Waals surface area (Å²) in [5.41, 5.74) is 3.26. The van der Waals surface area contributed by atoms with Gasteiger partial charge in [-0.25, -0.2) is 9.79 Å². The Hall–Kier alpha value is -3.26. The second-order valence-electron chi connectivity index (χ2n) is 7.95. The highest BCUT2D eigenvalue weighted by atomic mass is 35.5. The van der Waals surface area contributed by atoms with Gasteiger partial charge < -0.3 is 4.74 Å². The van der Waals surface area contributed by atoms with Crippen LogP contribution in [0.25, 0.3) is 11.8 Å². The van der Waals surface area contributed by atoms with Crippen LogP contribution in [-0.4, -0.2) is 17.1 Å². The first-order valence-electron chi connectivity index (χ1n) is 11.1. The number of carbonyl (C=O) groups is 1. The van der Waals surface area contributed by atoms with Gasteiger partial charge in [-0.05, 0) is 54.6 Å². The molecular formula is C27H21ClN2O3S2. The number of nitrogens with zero attached hydrogens (tertiary/aromatic N) is 2. The number of ether oxygens (including phenoxy) is 1. The average Bonchev–Trinajstić information content (AvgIpc) is 3.41. The molecule has 35 heavy (non-hydrogen) atoms. The van der Waals surface area contributed by atoms with E-state index in [1.165, 1.54) is 11.3 Å². The molecule has 0 radical (unpaired) electrons. The van der Waals surface area contributed by atoms with Gasteiger partial charge in [-0.15, -0.1) is 11.3 Å². The Bertz CT molecular complexity index is 1610. The Morgan fingerprint density at radius 2 is 1.89 bits per heavy atom. The standard InChI is InChI=1S/C27H21ClN2O3S2/c1-3-33-26(32)22-23(17-7-5-4-6-8-17)29-27-30(24(22)18-9-11-19(28)12-10-18)25(31)21(35-27)15-20-16(2)13-14-34-20/h4-15,24H,3H2,1-2H3/b21-15-/t24-/m1/s1. The highest BCUT2D eigenvalue weighted by molar-refractivity contribution is 7.11. The van der Waals surface area contributed by atoms with Gasteiger partial charge in [0.25, 0.3) is 5.56 Å². The topological polar surface area (TPSA) is 60.7 Å². The minimum Gasteiger partial charge on any atom is -0.463 e. The molecule has 0 fully saturated rings. The van der Waals surface area contributed by atoms with Crippen LogP contribution >= 0.6 is 34.3 Å². The van der Waals surface area contributed by atoms with Crippen molar-refractivity contribution in [2.45, 2.75) is 19.9 Å². The second-order valence-corrected chi connectivity index (χ2v) is 10.3. The van der Waals surface area contributed by atoms with Crippen molar-refractivity contribution in [2.75, 3.05) is 6.61 Å². The van der Waals surface area contributed by atoms with Crippen LogP contribution in [-0.2, 0) is 9.53 Å². The molecular weight excluding hydrogens is 500 g/mol. The number of aromatic nitrogens is 1. The highest BCUT2D eigenvalue weighted by Gasteiger charge is 2.35. The summed E-state index contributed by atoms with van der Waals surface area (Å²) < 4.78 is 7.63. The fourth-order valence-electron chi connectivity index (χ4n) is 4.05. The van der Waals surface area contributed by atoms with Crippen molar-refractivity contribution in [3.63, 3.8) is 0 Å². The van der Waals surface area contributed by atoms with Gasteiger partial charge in [-0.1, -0.05) is 65.4 Å². The highest BCUT2D eigenvalue weighted by Crippen LogP contribution is 2.35. The van der Waals surface area contributed by atoms with E-state index in [9.17, 15) is 9.59 Å². The summed E-state index contributed by atoms with van der Waals surface area (Å²) in [5, 5.41) is 2.57. The van der Waals surface area contributed by atoms with Crippen molar-refractivity contribution in [2.24, 2.45) is 4.99 Å². The van der Waals surface area contributed by atoms with Crippen molar-refractivity contribution < 1.29 is 9.53 Å². The van der Waals surface area contributed by atoms with Crippen molar-refractivity contribution in [3.8, 4) is 0 Å². The zero-order valence-corrected chi connectivity index (χ0v) is 21.4. The predicted molar refractivity (Wildman–Crippen MR) is 142 cm³/mol. The smallest absolute Gasteiger partial charge is 0.338 e. The number of carbonyl (C=O) groups excluding carboxylic acids is 1. The Kier molecular flexibility index (Phi) is 6.56. The van der Waals surface area contributed by atoms with E-state index in [0.717, 1.165) is 21.6 Å². The summed E-state index contributed by atoms with van der Waals surface area (Å²) in [6, 6.07) is 18.0. The molecule has 0 saturated carbocycles. The summed E-state index contributed by atoms with van der Waals surface area (Å²) in [7, 11) is 0. The van der Waals surface area contributed by atoms with Gasteiger partial charge in [-0.3, -0.25) is 9.36 Å². The maximum absolute atomic E-state index is 13.8. The first-order chi connectivity index (χ1) is 17.0. The van der Waals surface area contributed by atoms with E-state index in [1.54, 1.807) is 35.0 Å². The lowest BCUT2D eigenvalue weighted by atomic mass is 9.93. The van der Waals surface area contributed by atoms with Gasteiger partial charge in [-0.2, -0.15) is 0 Å². The number of esters is 1. The van der Waals surface area contributed by atoms with Crippen LogP contribution in [0.4, 0.5) is 0 Å². The molecule has 0 saturated heterocycles. The van der Waals surface area contributed by atoms with Gasteiger partial charge in [0.2, 0.25) is 0 Å². The molecule has 0 bridgehead atoms. The number of thiazole rings is 1. The molecule has 5 nitrogen and oxygen atoms in total. The van der Waals surface area contributed by atoms with E-state index in [2.05, 4.69) is 0 Å². The van der Waals surface area contributed by atoms with E-state index in [-0.39, 0.29) is 12.2 Å². The van der Waals surface area contributed by atoms with Crippen LogP contribution in [0.15, 0.2) is 81.4 Å². The number of hydrogen-bond acceptors (Lipinski definition) is 6. The molecule has 8 heteroatoms. The van der Waals surface area contributed by atoms with Crippen molar-refractivity contribution in [1.29, 1.82) is 0 Å². The fraction of sp³-hybridized carbons (Fsp3) is 0.148. The Morgan fingerprint density at radius 3 is 2.54 bits per heavy atom. The number of thiophene rings is 1. The molecule has 0 unspecified atom stereocenters. The number of halogens is 1. The zero-order valence-electron chi connectivity index (χ0n) is 19.0. The zero-order chi connectivity index (χ0) is 24.5. The third-order valence-electron chi connectivity index (χ3n) is 5.72. The summed E-state index contributed by atoms with van der Waals surface area (Å²) in [4.78, 5) is 33.5. The lowest BCUT2D eigenvalue weighted by molar-refractivity contribution is -0.138. The SMILES string of the molecule is CCOC(=O)C1=C(c2ccccc2)N=c2s/c(=C\c3sccc3C)c(=O)n2[C@@H]1c1ccc(Cl)cc1. The molecule has 2 aromatic carbocycles. The van der Waals surface area contributed by atoms with Gasteiger partial charge >= 0.3 is 5.97 Å². The Morgan fingerprint density at radius 1 is 1.14 bits per heavy atom. The maximum atomic E-state index is 13.8. The molecule has 0 spiro atoms. The van der Waals surface area contributed by atoms with E-state index >= 15 is 0 Å². The van der Waals surface area contributed by atoms with Crippen LogP contribution in [0.5, 0.6) is 0 Å². The molecule has 176 valence electrons. The normalized spacial score (nSPS) is 15.6. The van der Waals surface area contributed by atoms with E-state index < -0.39 is 12.0 Å². The number of fused-ring (bicyclic) bond motifs is 1. The summed E-state index contributed by atoms with van der Waals surface area (Å²) >= 11 is 9.06. The predicted octanol–water partition coefficient (Wildman–Crippen LogP) is 4.96. The monoisotopic (exact) mass is 520 g/mol. The van der Waals surface area contributed by atoms with E-state index in [1.807, 2.05) is 66.9 Å². The van der Waals surface area contributed by atoms with Crippen molar-refractivity contribution >= 4 is 52.0 Å². The third kappa shape index (κ3) is 4.43. The number of benzene rings is 2. The fourth-order valence-corrected chi connectivity index (χ4v) is 6.09. The molecule has 0 aliphatic carbocycles. The number of aryl methyl sites for hydroxylation is 1. The average molecular weight is 521 g/mol. The number of rotatable bonds is 5. The van der Waals surface area contributed by atoms with Crippen LogP contribution in [0.2, 0.25) is 5.02 Å². The first-order valence-corrected chi connectivity index (χ1v) is 13.1. The molecule has 4 aromatic rings. The summed E-state index contributed by atoms with van der Waals surface area (Å²) in [6.07, 6.45) is 1.90. The van der Waals surface area contributed by atoms with Crippen molar-refractivity contribution in [3.05, 3.63) is 118 Å². The lowest BCUT2D eigenvalue weighted by Gasteiger charge is -2.25. The van der Waals surface area contributed by atoms with Crippen LogP contribution in [0.1, 0.15) is 34.5 Å². The lowest BCUT2D eigenvalue weighted by Crippen LogP contribution is -2.40. The van der Waals surface area contributed by atoms with Crippen LogP contribution < -0.4 is 14.9 Å². The van der Waals surface area contributed by atoms with Gasteiger partial charge in [0.15, 0.2) is 4.80 Å². The largest absolute Gasteiger partial charge is 0.463 e. The quantitative estimate of drug-likeness (QED) is 0.349. The van der Waals surface area contributed by atoms with Gasteiger partial charge in [0.05, 0.1) is 28.5 Å². The minimum absolute atomic E-state index is 0.199. The Balaban J connectivity index is 1.85. The van der Waals surface area contributed by atoms with Gasteiger partial charge in [0, 0.05) is 15.5 Å². The molecule has 1 atom stereocenters. The van der Waals surface area contributed by atoms with Gasteiger partial charge in [0.1, 0.15) is 0 Å². The van der Waals surface area contributed by atoms with Crippen LogP contribution in [0, 0.1) is 6.92 Å². The summed E-state index contributed by atoms with van der Waals surface area (Å²) in [5.74, 6) is -0.501. The van der Waals surface area contributed by atoms with E-state index in [4.69, 9.17) is 21.3 Å². The molecule has 3 heterocycles. The molecule has 0 amide bonds. The van der Waals surface area contributed by atoms with Crippen molar-refractivity contribution in [1.82, 2.24) is 4.57 Å². The number of hydrogen-bond donors (Lipinski definition) is 0. The molecule has 2 aromatic heterocycles. The first kappa shape index (κ1) is 23.5.